The van der Waals surface area contributed by atoms with Crippen molar-refractivity contribution in [3.05, 3.63) is 71.3 Å². The summed E-state index contributed by atoms with van der Waals surface area (Å²) in [6.07, 6.45) is 1.11. The van der Waals surface area contributed by atoms with Gasteiger partial charge in [-0.05, 0) is 36.5 Å². The van der Waals surface area contributed by atoms with Crippen molar-refractivity contribution in [2.24, 2.45) is 0 Å². The molecule has 2 N–H and O–H groups in total. The summed E-state index contributed by atoms with van der Waals surface area (Å²) >= 11 is 0. The molecule has 146 valence electrons. The first-order valence-corrected chi connectivity index (χ1v) is 9.49. The highest BCUT2D eigenvalue weighted by Crippen LogP contribution is 2.32. The first-order valence-electron chi connectivity index (χ1n) is 9.49. The number of carbonyl (C=O) groups excluding carboxylic acids is 3. The van der Waals surface area contributed by atoms with Crippen LogP contribution in [-0.4, -0.2) is 35.8 Å². The highest BCUT2D eigenvalue weighted by atomic mass is 16.2. The van der Waals surface area contributed by atoms with Gasteiger partial charge < -0.3 is 10.6 Å². The molecule has 0 radical (unpaired) electrons. The van der Waals surface area contributed by atoms with Gasteiger partial charge in [-0.2, -0.15) is 0 Å². The topological polar surface area (TPSA) is 78.5 Å². The fraction of sp³-hybridized carbons (Fsp3) is 0.318. The van der Waals surface area contributed by atoms with E-state index in [0.29, 0.717) is 19.4 Å². The number of hydrogen-bond acceptors (Lipinski definition) is 3. The van der Waals surface area contributed by atoms with Gasteiger partial charge in [0.2, 0.25) is 5.91 Å². The maximum absolute atomic E-state index is 13.0. The number of amides is 4. The van der Waals surface area contributed by atoms with E-state index in [-0.39, 0.29) is 18.4 Å². The Kier molecular flexibility index (Phi) is 5.78. The van der Waals surface area contributed by atoms with Gasteiger partial charge in [-0.3, -0.25) is 14.5 Å². The molecule has 1 atom stereocenters. The van der Waals surface area contributed by atoms with Gasteiger partial charge in [0, 0.05) is 6.54 Å². The number of imide groups is 1. The molecular weight excluding hydrogens is 354 g/mol. The van der Waals surface area contributed by atoms with Crippen LogP contribution in [0.2, 0.25) is 0 Å². The van der Waals surface area contributed by atoms with Crippen molar-refractivity contribution >= 4 is 17.8 Å². The van der Waals surface area contributed by atoms with Crippen molar-refractivity contribution in [2.75, 3.05) is 13.1 Å². The number of hydrogen-bond donors (Lipinski definition) is 2. The molecule has 2 aromatic rings. The van der Waals surface area contributed by atoms with E-state index in [1.54, 1.807) is 0 Å². The monoisotopic (exact) mass is 379 g/mol. The average molecular weight is 379 g/mol. The molecule has 6 nitrogen and oxygen atoms in total. The second-order valence-electron chi connectivity index (χ2n) is 6.97. The predicted molar refractivity (Wildman–Crippen MR) is 107 cm³/mol. The normalized spacial score (nSPS) is 18.9. The molecular formula is C22H25N3O3. The van der Waals surface area contributed by atoms with Gasteiger partial charge in [0.25, 0.3) is 5.91 Å². The van der Waals surface area contributed by atoms with Gasteiger partial charge >= 0.3 is 6.03 Å². The van der Waals surface area contributed by atoms with Crippen LogP contribution in [0, 0.1) is 6.92 Å². The maximum atomic E-state index is 13.0. The molecule has 1 heterocycles. The summed E-state index contributed by atoms with van der Waals surface area (Å²) in [6, 6.07) is 16.6. The van der Waals surface area contributed by atoms with Crippen molar-refractivity contribution in [1.82, 2.24) is 15.5 Å². The van der Waals surface area contributed by atoms with Crippen molar-refractivity contribution in [3.8, 4) is 0 Å². The zero-order chi connectivity index (χ0) is 20.1. The fourth-order valence-electron chi connectivity index (χ4n) is 3.56. The summed E-state index contributed by atoms with van der Waals surface area (Å²) in [5.41, 5.74) is 1.94. The van der Waals surface area contributed by atoms with Crippen LogP contribution in [0.5, 0.6) is 0 Å². The molecule has 0 spiro atoms. The Labute approximate surface area is 164 Å². The molecule has 0 aromatic heterocycles. The van der Waals surface area contributed by atoms with Crippen molar-refractivity contribution in [1.29, 1.82) is 0 Å². The van der Waals surface area contributed by atoms with E-state index in [2.05, 4.69) is 10.6 Å². The number of aryl methyl sites for hydroxylation is 1. The fourth-order valence-corrected chi connectivity index (χ4v) is 3.56. The van der Waals surface area contributed by atoms with Crippen molar-refractivity contribution in [3.63, 3.8) is 0 Å². The van der Waals surface area contributed by atoms with E-state index in [1.807, 2.05) is 68.4 Å². The molecule has 0 aliphatic carbocycles. The van der Waals surface area contributed by atoms with Crippen LogP contribution < -0.4 is 10.6 Å². The Morgan fingerprint density at radius 1 is 1.07 bits per heavy atom. The van der Waals surface area contributed by atoms with Gasteiger partial charge in [-0.25, -0.2) is 4.79 Å². The molecule has 2 aromatic carbocycles. The molecule has 1 saturated heterocycles. The largest absolute Gasteiger partial charge is 0.354 e. The van der Waals surface area contributed by atoms with Crippen LogP contribution in [0.3, 0.4) is 0 Å². The van der Waals surface area contributed by atoms with Crippen LogP contribution >= 0.6 is 0 Å². The molecule has 3 rings (SSSR count). The lowest BCUT2D eigenvalue weighted by molar-refractivity contribution is -0.135. The summed E-state index contributed by atoms with van der Waals surface area (Å²) in [5, 5.41) is 5.58. The SMILES string of the molecule is CCC1(c2ccccc2)NC(=O)N(CC(=O)NCCc2ccccc2C)C1=O. The van der Waals surface area contributed by atoms with E-state index >= 15 is 0 Å². The number of nitrogens with zero attached hydrogens (tertiary/aromatic N) is 1. The Morgan fingerprint density at radius 2 is 1.75 bits per heavy atom. The number of carbonyl (C=O) groups is 3. The number of urea groups is 1. The highest BCUT2D eigenvalue weighted by molar-refractivity contribution is 6.09. The minimum Gasteiger partial charge on any atom is -0.354 e. The summed E-state index contributed by atoms with van der Waals surface area (Å²) in [7, 11) is 0. The third kappa shape index (κ3) is 3.76. The highest BCUT2D eigenvalue weighted by Gasteiger charge is 2.51. The summed E-state index contributed by atoms with van der Waals surface area (Å²) in [6.45, 7) is 4.03. The molecule has 1 aliphatic heterocycles. The van der Waals surface area contributed by atoms with Crippen LogP contribution in [0.25, 0.3) is 0 Å². The minimum absolute atomic E-state index is 0.285. The molecule has 1 unspecified atom stereocenters. The summed E-state index contributed by atoms with van der Waals surface area (Å²) in [5.74, 6) is -0.739. The van der Waals surface area contributed by atoms with Gasteiger partial charge in [-0.1, -0.05) is 61.5 Å². The van der Waals surface area contributed by atoms with Crippen molar-refractivity contribution < 1.29 is 14.4 Å². The van der Waals surface area contributed by atoms with E-state index in [9.17, 15) is 14.4 Å². The first-order chi connectivity index (χ1) is 13.5. The number of nitrogens with one attached hydrogen (secondary N) is 2. The lowest BCUT2D eigenvalue weighted by Crippen LogP contribution is -2.45. The third-order valence-corrected chi connectivity index (χ3v) is 5.25. The summed E-state index contributed by atoms with van der Waals surface area (Å²) in [4.78, 5) is 38.7. The smallest absolute Gasteiger partial charge is 0.325 e. The summed E-state index contributed by atoms with van der Waals surface area (Å²) < 4.78 is 0. The Morgan fingerprint density at radius 3 is 2.43 bits per heavy atom. The van der Waals surface area contributed by atoms with Crippen LogP contribution in [0.15, 0.2) is 54.6 Å². The average Bonchev–Trinajstić information content (AvgIpc) is 2.95. The zero-order valence-electron chi connectivity index (χ0n) is 16.2. The molecule has 0 saturated carbocycles. The lowest BCUT2D eigenvalue weighted by Gasteiger charge is -2.25. The van der Waals surface area contributed by atoms with Gasteiger partial charge in [0.05, 0.1) is 0 Å². The van der Waals surface area contributed by atoms with E-state index < -0.39 is 11.6 Å². The van der Waals surface area contributed by atoms with Gasteiger partial charge in [-0.15, -0.1) is 0 Å². The van der Waals surface area contributed by atoms with Crippen LogP contribution in [0.4, 0.5) is 4.79 Å². The van der Waals surface area contributed by atoms with Crippen LogP contribution in [0.1, 0.15) is 30.0 Å². The number of benzene rings is 2. The van der Waals surface area contributed by atoms with Gasteiger partial charge in [0.15, 0.2) is 0 Å². The standard InChI is InChI=1S/C22H25N3O3/c1-3-22(18-11-5-4-6-12-18)20(27)25(21(28)24-22)15-19(26)23-14-13-17-10-8-7-9-16(17)2/h4-12H,3,13-15H2,1-2H3,(H,23,26)(H,24,28). The van der Waals surface area contributed by atoms with Gasteiger partial charge in [0.1, 0.15) is 12.1 Å². The van der Waals surface area contributed by atoms with Crippen LogP contribution in [-0.2, 0) is 21.5 Å². The molecule has 6 heteroatoms. The predicted octanol–water partition coefficient (Wildman–Crippen LogP) is 2.51. The Balaban J connectivity index is 1.62. The molecule has 4 amide bonds. The number of rotatable bonds is 7. The molecule has 1 aliphatic rings. The molecule has 0 bridgehead atoms. The van der Waals surface area contributed by atoms with Crippen molar-refractivity contribution in [2.45, 2.75) is 32.2 Å². The van der Waals surface area contributed by atoms with E-state index in [0.717, 1.165) is 16.0 Å². The molecule has 28 heavy (non-hydrogen) atoms. The Bertz CT molecular complexity index is 882. The molecule has 1 fully saturated rings. The Hall–Kier alpha value is -3.15. The first kappa shape index (κ1) is 19.6. The minimum atomic E-state index is -1.11. The quantitative estimate of drug-likeness (QED) is 0.726. The van der Waals surface area contributed by atoms with E-state index in [4.69, 9.17) is 0 Å². The second kappa shape index (κ2) is 8.25. The van der Waals surface area contributed by atoms with E-state index in [1.165, 1.54) is 5.56 Å². The third-order valence-electron chi connectivity index (χ3n) is 5.25. The lowest BCUT2D eigenvalue weighted by atomic mass is 9.87. The maximum Gasteiger partial charge on any atom is 0.325 e. The zero-order valence-corrected chi connectivity index (χ0v) is 16.2. The second-order valence-corrected chi connectivity index (χ2v) is 6.97.